The fraction of sp³-hybridized carbons (Fsp3) is 0.455. The van der Waals surface area contributed by atoms with Gasteiger partial charge in [0.2, 0.25) is 5.91 Å². The van der Waals surface area contributed by atoms with Gasteiger partial charge in [0.1, 0.15) is 11.5 Å². The maximum atomic E-state index is 13.1. The van der Waals surface area contributed by atoms with Crippen LogP contribution in [0.3, 0.4) is 0 Å². The summed E-state index contributed by atoms with van der Waals surface area (Å²) in [7, 11) is 1.81. The minimum atomic E-state index is -0.405. The highest BCUT2D eigenvalue weighted by Gasteiger charge is 2.37. The lowest BCUT2D eigenvalue weighted by molar-refractivity contribution is -0.115. The molecule has 0 saturated heterocycles. The SMILES string of the molecule is Cc1c(NC(=O)[C@H](C)Sc2nnc(C3CC3)n2C2CC2)c(=O)n(-c2ccccc2)n1C. The molecule has 1 atom stereocenters. The maximum Gasteiger partial charge on any atom is 0.295 e. The van der Waals surface area contributed by atoms with E-state index in [-0.39, 0.29) is 11.5 Å². The number of rotatable bonds is 7. The predicted octanol–water partition coefficient (Wildman–Crippen LogP) is 3.41. The number of hydrogen-bond acceptors (Lipinski definition) is 5. The van der Waals surface area contributed by atoms with Crippen LogP contribution >= 0.6 is 11.8 Å². The van der Waals surface area contributed by atoms with E-state index in [2.05, 4.69) is 20.1 Å². The molecule has 162 valence electrons. The van der Waals surface area contributed by atoms with Crippen molar-refractivity contribution in [3.8, 4) is 5.69 Å². The van der Waals surface area contributed by atoms with Gasteiger partial charge in [0.15, 0.2) is 5.16 Å². The van der Waals surface area contributed by atoms with E-state index in [1.807, 2.05) is 51.2 Å². The minimum Gasteiger partial charge on any atom is -0.319 e. The Labute approximate surface area is 184 Å². The number of nitrogens with one attached hydrogen (secondary N) is 1. The van der Waals surface area contributed by atoms with Gasteiger partial charge in [-0.25, -0.2) is 4.68 Å². The van der Waals surface area contributed by atoms with E-state index in [1.54, 1.807) is 9.36 Å². The van der Waals surface area contributed by atoms with Crippen LogP contribution in [0.2, 0.25) is 0 Å². The summed E-state index contributed by atoms with van der Waals surface area (Å²) in [4.78, 5) is 26.0. The zero-order valence-corrected chi connectivity index (χ0v) is 18.7. The monoisotopic (exact) mass is 438 g/mol. The summed E-state index contributed by atoms with van der Waals surface area (Å²) >= 11 is 1.41. The smallest absolute Gasteiger partial charge is 0.295 e. The average Bonchev–Trinajstić information content (AvgIpc) is 3.70. The van der Waals surface area contributed by atoms with Gasteiger partial charge in [-0.3, -0.25) is 14.3 Å². The van der Waals surface area contributed by atoms with Crippen molar-refractivity contribution in [3.05, 3.63) is 52.2 Å². The molecule has 2 aliphatic rings. The van der Waals surface area contributed by atoms with Crippen molar-refractivity contribution >= 4 is 23.4 Å². The molecular weight excluding hydrogens is 412 g/mol. The van der Waals surface area contributed by atoms with E-state index in [0.29, 0.717) is 23.3 Å². The molecule has 5 rings (SSSR count). The second kappa shape index (κ2) is 7.71. The average molecular weight is 439 g/mol. The number of aromatic nitrogens is 5. The highest BCUT2D eigenvalue weighted by atomic mass is 32.2. The molecule has 2 aromatic heterocycles. The molecule has 2 saturated carbocycles. The summed E-state index contributed by atoms with van der Waals surface area (Å²) in [6.45, 7) is 3.68. The zero-order chi connectivity index (χ0) is 21.7. The van der Waals surface area contributed by atoms with Gasteiger partial charge in [-0.05, 0) is 51.7 Å². The number of amides is 1. The Balaban J connectivity index is 1.36. The van der Waals surface area contributed by atoms with Crippen LogP contribution in [0, 0.1) is 6.92 Å². The van der Waals surface area contributed by atoms with E-state index < -0.39 is 5.25 Å². The molecule has 3 aromatic rings. The molecule has 8 nitrogen and oxygen atoms in total. The summed E-state index contributed by atoms with van der Waals surface area (Å²) in [5.41, 5.74) is 1.53. The molecule has 2 fully saturated rings. The van der Waals surface area contributed by atoms with Gasteiger partial charge in [-0.1, -0.05) is 30.0 Å². The lowest BCUT2D eigenvalue weighted by Crippen LogP contribution is -2.27. The largest absolute Gasteiger partial charge is 0.319 e. The van der Waals surface area contributed by atoms with E-state index in [1.165, 1.54) is 24.6 Å². The topological polar surface area (TPSA) is 86.7 Å². The van der Waals surface area contributed by atoms with Crippen molar-refractivity contribution in [1.29, 1.82) is 0 Å². The number of benzene rings is 1. The normalized spacial score (nSPS) is 17.0. The molecule has 0 radical (unpaired) electrons. The Morgan fingerprint density at radius 1 is 1.16 bits per heavy atom. The molecule has 0 aliphatic heterocycles. The number of anilines is 1. The quantitative estimate of drug-likeness (QED) is 0.571. The second-order valence-electron chi connectivity index (χ2n) is 8.40. The van der Waals surface area contributed by atoms with Crippen LogP contribution in [-0.2, 0) is 11.8 Å². The maximum absolute atomic E-state index is 13.1. The van der Waals surface area contributed by atoms with E-state index in [4.69, 9.17) is 0 Å². The first-order valence-electron chi connectivity index (χ1n) is 10.7. The van der Waals surface area contributed by atoms with Crippen molar-refractivity contribution in [2.24, 2.45) is 7.05 Å². The number of thioether (sulfide) groups is 1. The highest BCUT2D eigenvalue weighted by molar-refractivity contribution is 8.00. The van der Waals surface area contributed by atoms with Crippen LogP contribution in [0.4, 0.5) is 5.69 Å². The molecule has 31 heavy (non-hydrogen) atoms. The van der Waals surface area contributed by atoms with Crippen molar-refractivity contribution in [2.75, 3.05) is 5.32 Å². The van der Waals surface area contributed by atoms with E-state index in [0.717, 1.165) is 29.5 Å². The molecule has 1 N–H and O–H groups in total. The minimum absolute atomic E-state index is 0.214. The van der Waals surface area contributed by atoms with Crippen LogP contribution in [-0.4, -0.2) is 35.3 Å². The Morgan fingerprint density at radius 3 is 2.52 bits per heavy atom. The van der Waals surface area contributed by atoms with Crippen LogP contribution in [0.1, 0.15) is 56.1 Å². The lowest BCUT2D eigenvalue weighted by Gasteiger charge is -2.13. The molecule has 9 heteroatoms. The number of nitrogens with zero attached hydrogens (tertiary/aromatic N) is 5. The molecule has 0 bridgehead atoms. The third-order valence-corrected chi connectivity index (χ3v) is 7.06. The summed E-state index contributed by atoms with van der Waals surface area (Å²) < 4.78 is 5.56. The Kier molecular flexibility index (Phi) is 5.00. The number of para-hydroxylation sites is 1. The molecule has 0 spiro atoms. The van der Waals surface area contributed by atoms with E-state index in [9.17, 15) is 9.59 Å². The van der Waals surface area contributed by atoms with Gasteiger partial charge in [-0.2, -0.15) is 0 Å². The van der Waals surface area contributed by atoms with Gasteiger partial charge in [0.05, 0.1) is 16.6 Å². The highest BCUT2D eigenvalue weighted by Crippen LogP contribution is 2.46. The van der Waals surface area contributed by atoms with Gasteiger partial charge >= 0.3 is 0 Å². The van der Waals surface area contributed by atoms with Crippen LogP contribution < -0.4 is 10.9 Å². The first-order chi connectivity index (χ1) is 15.0. The fourth-order valence-electron chi connectivity index (χ4n) is 3.81. The van der Waals surface area contributed by atoms with Crippen LogP contribution in [0.25, 0.3) is 5.69 Å². The zero-order valence-electron chi connectivity index (χ0n) is 17.9. The summed E-state index contributed by atoms with van der Waals surface area (Å²) in [6.07, 6.45) is 4.64. The fourth-order valence-corrected chi connectivity index (χ4v) is 4.74. The Hall–Kier alpha value is -2.81. The van der Waals surface area contributed by atoms with Crippen molar-refractivity contribution in [3.63, 3.8) is 0 Å². The standard InChI is InChI=1S/C22H26N6O2S/c1-13-18(21(30)28(26(13)3)17-7-5-4-6-8-17)23-20(29)14(2)31-22-25-24-19(15-9-10-15)27(22)16-11-12-16/h4-8,14-16H,9-12H2,1-3H3,(H,23,29)/t14-/m0/s1. The lowest BCUT2D eigenvalue weighted by atomic mass is 10.3. The molecular formula is C22H26N6O2S. The Bertz CT molecular complexity index is 1190. The number of hydrogen-bond donors (Lipinski definition) is 1. The van der Waals surface area contributed by atoms with Crippen molar-refractivity contribution < 1.29 is 4.79 Å². The Morgan fingerprint density at radius 2 is 1.87 bits per heavy atom. The predicted molar refractivity (Wildman–Crippen MR) is 120 cm³/mol. The molecule has 1 aromatic carbocycles. The number of carbonyl (C=O) groups is 1. The van der Waals surface area contributed by atoms with Gasteiger partial charge in [0, 0.05) is 19.0 Å². The summed E-state index contributed by atoms with van der Waals surface area (Å²) in [6, 6.07) is 9.87. The molecule has 2 heterocycles. The molecule has 1 amide bonds. The van der Waals surface area contributed by atoms with Gasteiger partial charge in [-0.15, -0.1) is 10.2 Å². The first kappa shape index (κ1) is 20.1. The van der Waals surface area contributed by atoms with Crippen LogP contribution in [0.5, 0.6) is 0 Å². The summed E-state index contributed by atoms with van der Waals surface area (Å²) in [5, 5.41) is 12.1. The number of carbonyl (C=O) groups excluding carboxylic acids is 1. The van der Waals surface area contributed by atoms with Crippen LogP contribution in [0.15, 0.2) is 40.3 Å². The third-order valence-electron chi connectivity index (χ3n) is 6.00. The van der Waals surface area contributed by atoms with E-state index >= 15 is 0 Å². The van der Waals surface area contributed by atoms with Gasteiger partial charge in [0.25, 0.3) is 5.56 Å². The first-order valence-corrected chi connectivity index (χ1v) is 11.6. The van der Waals surface area contributed by atoms with Crippen molar-refractivity contribution in [1.82, 2.24) is 24.1 Å². The molecule has 2 aliphatic carbocycles. The van der Waals surface area contributed by atoms with Crippen molar-refractivity contribution in [2.45, 2.75) is 61.9 Å². The molecule has 0 unspecified atom stereocenters. The van der Waals surface area contributed by atoms with Gasteiger partial charge < -0.3 is 9.88 Å². The third kappa shape index (κ3) is 3.71. The second-order valence-corrected chi connectivity index (χ2v) is 9.71. The summed E-state index contributed by atoms with van der Waals surface area (Å²) in [5.74, 6) is 1.38.